The molecule has 0 aliphatic carbocycles. The largest absolute Gasteiger partial charge is 0.312 e. The zero-order chi connectivity index (χ0) is 23.0. The smallest absolute Gasteiger partial charge is 0.244 e. The second kappa shape index (κ2) is 9.20. The number of nitrogens with zero attached hydrogens (tertiary/aromatic N) is 3. The molecule has 3 heterocycles. The Morgan fingerprint density at radius 3 is 2.78 bits per heavy atom. The van der Waals surface area contributed by atoms with E-state index in [0.29, 0.717) is 54.1 Å². The number of carbonyl (C=O) groups is 2. The molecule has 1 aromatic carbocycles. The van der Waals surface area contributed by atoms with Crippen molar-refractivity contribution in [3.05, 3.63) is 33.2 Å². The average molecular weight is 541 g/mol. The van der Waals surface area contributed by atoms with E-state index in [0.717, 1.165) is 11.3 Å². The van der Waals surface area contributed by atoms with Gasteiger partial charge >= 0.3 is 0 Å². The van der Waals surface area contributed by atoms with Gasteiger partial charge in [0.2, 0.25) is 21.8 Å². The van der Waals surface area contributed by atoms with Crippen molar-refractivity contribution >= 4 is 59.9 Å². The van der Waals surface area contributed by atoms with E-state index in [4.69, 9.17) is 0 Å². The minimum atomic E-state index is -3.85. The molecule has 2 aliphatic rings. The summed E-state index contributed by atoms with van der Waals surface area (Å²) >= 11 is 4.77. The van der Waals surface area contributed by atoms with Crippen molar-refractivity contribution < 1.29 is 18.0 Å². The molecule has 11 heteroatoms. The highest BCUT2D eigenvalue weighted by molar-refractivity contribution is 9.10. The van der Waals surface area contributed by atoms with Crippen LogP contribution in [0.1, 0.15) is 37.4 Å². The van der Waals surface area contributed by atoms with Crippen molar-refractivity contribution in [1.82, 2.24) is 9.29 Å². The summed E-state index contributed by atoms with van der Waals surface area (Å²) in [5.41, 5.74) is 2.44. The summed E-state index contributed by atoms with van der Waals surface area (Å²) in [5, 5.41) is 5.18. The zero-order valence-electron chi connectivity index (χ0n) is 17.9. The van der Waals surface area contributed by atoms with Gasteiger partial charge in [-0.1, -0.05) is 6.92 Å². The molecule has 2 aromatic rings. The topological polar surface area (TPSA) is 99.7 Å². The molecule has 0 bridgehead atoms. The number of halogens is 1. The first-order chi connectivity index (χ1) is 15.2. The van der Waals surface area contributed by atoms with Gasteiger partial charge in [0.15, 0.2) is 5.13 Å². The quantitative estimate of drug-likeness (QED) is 0.624. The van der Waals surface area contributed by atoms with Crippen LogP contribution in [0, 0.1) is 12.8 Å². The van der Waals surface area contributed by atoms with Gasteiger partial charge in [0.05, 0.1) is 16.5 Å². The Balaban J connectivity index is 1.56. The number of nitrogens with one attached hydrogen (secondary N) is 1. The molecule has 1 saturated heterocycles. The van der Waals surface area contributed by atoms with Crippen LogP contribution in [0.15, 0.2) is 26.9 Å². The maximum Gasteiger partial charge on any atom is 0.244 e. The molecular weight excluding hydrogens is 516 g/mol. The Morgan fingerprint density at radius 2 is 2.09 bits per heavy atom. The van der Waals surface area contributed by atoms with Crippen LogP contribution in [0.2, 0.25) is 0 Å². The Bertz CT molecular complexity index is 1160. The third kappa shape index (κ3) is 4.48. The van der Waals surface area contributed by atoms with Crippen molar-refractivity contribution in [2.24, 2.45) is 5.92 Å². The molecule has 0 spiro atoms. The fourth-order valence-corrected chi connectivity index (χ4v) is 7.45. The predicted molar refractivity (Wildman–Crippen MR) is 127 cm³/mol. The normalized spacial score (nSPS) is 19.1. The monoisotopic (exact) mass is 540 g/mol. The molecule has 172 valence electrons. The van der Waals surface area contributed by atoms with Crippen molar-refractivity contribution in [3.8, 4) is 0 Å². The lowest BCUT2D eigenvalue weighted by atomic mass is 9.99. The highest BCUT2D eigenvalue weighted by Crippen LogP contribution is 2.37. The van der Waals surface area contributed by atoms with Crippen molar-refractivity contribution in [2.45, 2.75) is 44.4 Å². The average Bonchev–Trinajstić information content (AvgIpc) is 3.37. The lowest BCUT2D eigenvalue weighted by molar-refractivity contribution is -0.121. The Kier molecular flexibility index (Phi) is 6.71. The molecule has 0 radical (unpaired) electrons. The van der Waals surface area contributed by atoms with Gasteiger partial charge in [-0.05, 0) is 59.8 Å². The van der Waals surface area contributed by atoms with E-state index < -0.39 is 15.9 Å². The molecule has 0 unspecified atom stereocenters. The van der Waals surface area contributed by atoms with Crippen LogP contribution in [0.25, 0.3) is 0 Å². The van der Waals surface area contributed by atoms with Crippen LogP contribution in [-0.2, 0) is 26.0 Å². The fraction of sp³-hybridized carbons (Fsp3) is 0.476. The van der Waals surface area contributed by atoms with Gasteiger partial charge in [-0.15, -0.1) is 11.3 Å². The van der Waals surface area contributed by atoms with E-state index >= 15 is 0 Å². The van der Waals surface area contributed by atoms with Crippen LogP contribution < -0.4 is 10.2 Å². The third-order valence-corrected chi connectivity index (χ3v) is 9.55. The summed E-state index contributed by atoms with van der Waals surface area (Å²) < 4.78 is 28.9. The van der Waals surface area contributed by atoms with Crippen LogP contribution in [0.4, 0.5) is 10.8 Å². The minimum Gasteiger partial charge on any atom is -0.312 e. The first-order valence-corrected chi connectivity index (χ1v) is 13.7. The SMILES string of the molecule is CCC(=O)N1CCc2cc(Br)c(S(=O)(=O)N3CCC[C@@H](C(=O)Nc4nc(C)cs4)C3)cc21. The van der Waals surface area contributed by atoms with Crippen LogP contribution in [0.3, 0.4) is 0 Å². The summed E-state index contributed by atoms with van der Waals surface area (Å²) in [6.45, 7) is 4.66. The van der Waals surface area contributed by atoms with Gasteiger partial charge in [-0.2, -0.15) is 4.31 Å². The van der Waals surface area contributed by atoms with Gasteiger partial charge in [0, 0.05) is 41.6 Å². The molecule has 1 aromatic heterocycles. The number of piperidine rings is 1. The molecule has 1 fully saturated rings. The number of hydrogen-bond donors (Lipinski definition) is 1. The first-order valence-electron chi connectivity index (χ1n) is 10.6. The molecule has 2 amide bonds. The van der Waals surface area contributed by atoms with Gasteiger partial charge < -0.3 is 10.2 Å². The summed E-state index contributed by atoms with van der Waals surface area (Å²) in [7, 11) is -3.85. The molecule has 0 saturated carbocycles. The summed E-state index contributed by atoms with van der Waals surface area (Å²) in [6.07, 6.45) is 2.27. The van der Waals surface area contributed by atoms with Gasteiger partial charge in [-0.3, -0.25) is 9.59 Å². The number of aryl methyl sites for hydroxylation is 1. The van der Waals surface area contributed by atoms with E-state index in [1.54, 1.807) is 24.0 Å². The van der Waals surface area contributed by atoms with Gasteiger partial charge in [-0.25, -0.2) is 13.4 Å². The number of fused-ring (bicyclic) bond motifs is 1. The summed E-state index contributed by atoms with van der Waals surface area (Å²) in [6, 6.07) is 3.39. The number of aromatic nitrogens is 1. The van der Waals surface area contributed by atoms with E-state index in [1.807, 2.05) is 12.3 Å². The van der Waals surface area contributed by atoms with E-state index in [2.05, 4.69) is 26.2 Å². The molecule has 8 nitrogen and oxygen atoms in total. The van der Waals surface area contributed by atoms with E-state index in [1.165, 1.54) is 15.6 Å². The maximum atomic E-state index is 13.5. The third-order valence-electron chi connectivity index (χ3n) is 5.85. The van der Waals surface area contributed by atoms with Gasteiger partial charge in [0.25, 0.3) is 0 Å². The number of carbonyl (C=O) groups excluding carboxylic acids is 2. The minimum absolute atomic E-state index is 0.0263. The number of hydrogen-bond acceptors (Lipinski definition) is 6. The lowest BCUT2D eigenvalue weighted by Gasteiger charge is -2.31. The molecular formula is C21H25BrN4O4S2. The number of thiazole rings is 1. The molecule has 1 atom stereocenters. The van der Waals surface area contributed by atoms with E-state index in [-0.39, 0.29) is 23.3 Å². The maximum absolute atomic E-state index is 13.5. The highest BCUT2D eigenvalue weighted by Gasteiger charge is 2.36. The Labute approximate surface area is 200 Å². The predicted octanol–water partition coefficient (Wildman–Crippen LogP) is 3.55. The van der Waals surface area contributed by atoms with Crippen molar-refractivity contribution in [2.75, 3.05) is 29.9 Å². The van der Waals surface area contributed by atoms with Gasteiger partial charge in [0.1, 0.15) is 0 Å². The Morgan fingerprint density at radius 1 is 1.31 bits per heavy atom. The first kappa shape index (κ1) is 23.3. The van der Waals surface area contributed by atoms with Crippen LogP contribution in [-0.4, -0.2) is 49.2 Å². The molecule has 2 aliphatic heterocycles. The zero-order valence-corrected chi connectivity index (χ0v) is 21.1. The summed E-state index contributed by atoms with van der Waals surface area (Å²) in [5.74, 6) is -0.692. The van der Waals surface area contributed by atoms with Crippen LogP contribution >= 0.6 is 27.3 Å². The van der Waals surface area contributed by atoms with Crippen LogP contribution in [0.5, 0.6) is 0 Å². The van der Waals surface area contributed by atoms with E-state index in [9.17, 15) is 18.0 Å². The lowest BCUT2D eigenvalue weighted by Crippen LogP contribution is -2.43. The Hall–Kier alpha value is -1.82. The van der Waals surface area contributed by atoms with Crippen molar-refractivity contribution in [1.29, 1.82) is 0 Å². The number of amides is 2. The number of rotatable bonds is 5. The van der Waals surface area contributed by atoms with Crippen molar-refractivity contribution in [3.63, 3.8) is 0 Å². The standard InChI is InChI=1S/C21H25BrN4O4S2/c1-3-19(27)26-8-6-14-9-16(22)18(10-17(14)26)32(29,30)25-7-4-5-15(11-25)20(28)24-21-23-13(2)12-31-21/h9-10,12,15H,3-8,11H2,1-2H3,(H,23,24,28)/t15-/m1/s1. The summed E-state index contributed by atoms with van der Waals surface area (Å²) in [4.78, 5) is 31.1. The second-order valence-electron chi connectivity index (χ2n) is 8.05. The fourth-order valence-electron chi connectivity index (χ4n) is 4.17. The highest BCUT2D eigenvalue weighted by atomic mass is 79.9. The second-order valence-corrected chi connectivity index (χ2v) is 11.7. The molecule has 1 N–H and O–H groups in total. The molecule has 4 rings (SSSR count). The number of benzene rings is 1. The number of anilines is 2. The molecule has 32 heavy (non-hydrogen) atoms. The number of sulfonamides is 1.